The molecule has 0 heterocycles. The van der Waals surface area contributed by atoms with Gasteiger partial charge in [0.1, 0.15) is 0 Å². The van der Waals surface area contributed by atoms with Crippen molar-refractivity contribution in [1.82, 2.24) is 0 Å². The normalized spacial score (nSPS) is 34.4. The van der Waals surface area contributed by atoms with E-state index in [1.54, 1.807) is 0 Å². The van der Waals surface area contributed by atoms with E-state index in [0.29, 0.717) is 11.5 Å². The first-order chi connectivity index (χ1) is 5.02. The van der Waals surface area contributed by atoms with Gasteiger partial charge in [-0.3, -0.25) is 0 Å². The Hall–Kier alpha value is -0.0400. The fourth-order valence-corrected chi connectivity index (χ4v) is 1.73. The molecule has 1 saturated carbocycles. The van der Waals surface area contributed by atoms with Gasteiger partial charge in [-0.2, -0.15) is 0 Å². The largest absolute Gasteiger partial charge is 0.328 e. The van der Waals surface area contributed by atoms with Crippen molar-refractivity contribution in [1.29, 1.82) is 0 Å². The molecular weight excluding hydrogens is 134 g/mol. The van der Waals surface area contributed by atoms with Crippen molar-refractivity contribution in [3.8, 4) is 0 Å². The lowest BCUT2D eigenvalue weighted by Crippen LogP contribution is -2.17. The van der Waals surface area contributed by atoms with Gasteiger partial charge in [0.15, 0.2) is 0 Å². The lowest BCUT2D eigenvalue weighted by Gasteiger charge is -2.22. The summed E-state index contributed by atoms with van der Waals surface area (Å²) >= 11 is 0. The number of nitrogens with two attached hydrogens (primary N) is 1. The number of rotatable bonds is 0. The fraction of sp³-hybridized carbons (Fsp3) is 1.00. The van der Waals surface area contributed by atoms with Crippen LogP contribution in [0.25, 0.3) is 0 Å². The summed E-state index contributed by atoms with van der Waals surface area (Å²) in [5, 5.41) is 0. The van der Waals surface area contributed by atoms with Gasteiger partial charge in [0.05, 0.1) is 0 Å². The van der Waals surface area contributed by atoms with Crippen LogP contribution in [0.5, 0.6) is 0 Å². The smallest absolute Gasteiger partial charge is 0.00467 e. The molecule has 2 N–H and O–H groups in total. The Morgan fingerprint density at radius 2 is 1.73 bits per heavy atom. The van der Waals surface area contributed by atoms with E-state index in [9.17, 15) is 0 Å². The molecule has 0 bridgehead atoms. The van der Waals surface area contributed by atoms with Gasteiger partial charge < -0.3 is 5.73 Å². The third-order valence-electron chi connectivity index (χ3n) is 2.78. The maximum Gasteiger partial charge on any atom is 0.00467 e. The second kappa shape index (κ2) is 4.10. The molecule has 1 aliphatic rings. The van der Waals surface area contributed by atoms with Gasteiger partial charge in [-0.05, 0) is 24.2 Å². The van der Waals surface area contributed by atoms with E-state index < -0.39 is 0 Å². The molecular formula is C10H23N. The predicted octanol–water partition coefficient (Wildman–Crippen LogP) is 2.80. The highest BCUT2D eigenvalue weighted by Gasteiger charge is 2.35. The Labute approximate surface area is 71.4 Å². The molecule has 1 rings (SSSR count). The third-order valence-corrected chi connectivity index (χ3v) is 2.78. The van der Waals surface area contributed by atoms with Gasteiger partial charge in [0.2, 0.25) is 0 Å². The van der Waals surface area contributed by atoms with Crippen LogP contribution in [0.15, 0.2) is 0 Å². The molecule has 0 aliphatic heterocycles. The van der Waals surface area contributed by atoms with E-state index in [1.807, 2.05) is 13.8 Å². The lowest BCUT2D eigenvalue weighted by molar-refractivity contribution is 0.280. The van der Waals surface area contributed by atoms with Crippen molar-refractivity contribution in [3.63, 3.8) is 0 Å². The topological polar surface area (TPSA) is 26.0 Å². The Morgan fingerprint density at radius 1 is 1.27 bits per heavy atom. The Balaban J connectivity index is 0.000000461. The van der Waals surface area contributed by atoms with Crippen LogP contribution in [0.4, 0.5) is 0 Å². The van der Waals surface area contributed by atoms with Crippen LogP contribution in [0, 0.1) is 11.3 Å². The molecule has 68 valence electrons. The van der Waals surface area contributed by atoms with E-state index in [-0.39, 0.29) is 0 Å². The highest BCUT2D eigenvalue weighted by Crippen LogP contribution is 2.41. The molecule has 2 atom stereocenters. The average molecular weight is 157 g/mol. The standard InChI is InChI=1S/C8H17N.C2H6/c1-6-4-7(9)5-8(6,2)3;1-2/h6-7H,4-5,9H2,1-3H3;1-2H3. The van der Waals surface area contributed by atoms with Gasteiger partial charge >= 0.3 is 0 Å². The van der Waals surface area contributed by atoms with Gasteiger partial charge in [0.25, 0.3) is 0 Å². The van der Waals surface area contributed by atoms with Gasteiger partial charge in [-0.15, -0.1) is 0 Å². The zero-order valence-corrected chi connectivity index (χ0v) is 8.65. The first-order valence-corrected chi connectivity index (χ1v) is 4.78. The third kappa shape index (κ3) is 2.82. The van der Waals surface area contributed by atoms with Gasteiger partial charge in [-0.1, -0.05) is 34.6 Å². The molecule has 1 heteroatoms. The average Bonchev–Trinajstić information content (AvgIpc) is 2.10. The van der Waals surface area contributed by atoms with E-state index >= 15 is 0 Å². The summed E-state index contributed by atoms with van der Waals surface area (Å²) in [6, 6.07) is 0.468. The van der Waals surface area contributed by atoms with Gasteiger partial charge in [-0.25, -0.2) is 0 Å². The summed E-state index contributed by atoms with van der Waals surface area (Å²) in [4.78, 5) is 0. The summed E-state index contributed by atoms with van der Waals surface area (Å²) in [7, 11) is 0. The van der Waals surface area contributed by atoms with Crippen LogP contribution in [-0.2, 0) is 0 Å². The number of hydrogen-bond donors (Lipinski definition) is 1. The Morgan fingerprint density at radius 3 is 1.82 bits per heavy atom. The maximum atomic E-state index is 5.80. The van der Waals surface area contributed by atoms with Crippen molar-refractivity contribution < 1.29 is 0 Å². The van der Waals surface area contributed by atoms with Crippen molar-refractivity contribution in [3.05, 3.63) is 0 Å². The number of hydrogen-bond acceptors (Lipinski definition) is 1. The van der Waals surface area contributed by atoms with E-state index in [1.165, 1.54) is 12.8 Å². The SMILES string of the molecule is CC.CC1CC(N)CC1(C)C. The first-order valence-electron chi connectivity index (χ1n) is 4.78. The fourth-order valence-electron chi connectivity index (χ4n) is 1.73. The predicted molar refractivity (Wildman–Crippen MR) is 51.5 cm³/mol. The van der Waals surface area contributed by atoms with Crippen LogP contribution in [0.2, 0.25) is 0 Å². The van der Waals surface area contributed by atoms with Gasteiger partial charge in [0, 0.05) is 6.04 Å². The molecule has 1 nitrogen and oxygen atoms in total. The molecule has 0 aromatic rings. The maximum absolute atomic E-state index is 5.80. The minimum Gasteiger partial charge on any atom is -0.328 e. The molecule has 0 aromatic heterocycles. The quantitative estimate of drug-likeness (QED) is 0.575. The van der Waals surface area contributed by atoms with Crippen molar-refractivity contribution in [2.24, 2.45) is 17.1 Å². The Bertz CT molecular complexity index is 107. The molecule has 0 aromatic carbocycles. The van der Waals surface area contributed by atoms with Crippen molar-refractivity contribution in [2.45, 2.75) is 53.5 Å². The first kappa shape index (κ1) is 11.0. The molecule has 11 heavy (non-hydrogen) atoms. The summed E-state index contributed by atoms with van der Waals surface area (Å²) in [6.07, 6.45) is 2.42. The summed E-state index contributed by atoms with van der Waals surface area (Å²) in [6.45, 7) is 10.9. The van der Waals surface area contributed by atoms with E-state index in [4.69, 9.17) is 5.73 Å². The Kier molecular flexibility index (Phi) is 4.09. The molecule has 0 saturated heterocycles. The van der Waals surface area contributed by atoms with Crippen LogP contribution in [0.1, 0.15) is 47.5 Å². The van der Waals surface area contributed by atoms with Crippen LogP contribution >= 0.6 is 0 Å². The van der Waals surface area contributed by atoms with Crippen LogP contribution < -0.4 is 5.73 Å². The zero-order valence-electron chi connectivity index (χ0n) is 8.65. The summed E-state index contributed by atoms with van der Waals surface area (Å²) in [5.41, 5.74) is 6.30. The summed E-state index contributed by atoms with van der Waals surface area (Å²) < 4.78 is 0. The van der Waals surface area contributed by atoms with Crippen LogP contribution in [-0.4, -0.2) is 6.04 Å². The molecule has 0 spiro atoms. The van der Waals surface area contributed by atoms with Crippen molar-refractivity contribution in [2.75, 3.05) is 0 Å². The van der Waals surface area contributed by atoms with Crippen molar-refractivity contribution >= 4 is 0 Å². The minimum atomic E-state index is 0.468. The van der Waals surface area contributed by atoms with E-state index in [2.05, 4.69) is 20.8 Å². The highest BCUT2D eigenvalue weighted by atomic mass is 14.7. The second-order valence-electron chi connectivity index (χ2n) is 4.09. The molecule has 2 unspecified atom stereocenters. The molecule has 1 aliphatic carbocycles. The highest BCUT2D eigenvalue weighted by molar-refractivity contribution is 4.89. The second-order valence-corrected chi connectivity index (χ2v) is 4.09. The molecule has 0 amide bonds. The van der Waals surface area contributed by atoms with E-state index in [0.717, 1.165) is 5.92 Å². The molecule has 1 fully saturated rings. The molecule has 0 radical (unpaired) electrons. The summed E-state index contributed by atoms with van der Waals surface area (Å²) in [5.74, 6) is 0.812. The monoisotopic (exact) mass is 157 g/mol. The van der Waals surface area contributed by atoms with Crippen LogP contribution in [0.3, 0.4) is 0 Å². The lowest BCUT2D eigenvalue weighted by atomic mass is 9.83. The zero-order chi connectivity index (χ0) is 9.07. The minimum absolute atomic E-state index is 0.468.